The summed E-state index contributed by atoms with van der Waals surface area (Å²) in [4.78, 5) is 0. The molecule has 4 nitrogen and oxygen atoms in total. The Morgan fingerprint density at radius 3 is 2.67 bits per heavy atom. The normalized spacial score (nSPS) is 11.2. The molecule has 0 saturated carbocycles. The molecule has 21 heavy (non-hydrogen) atoms. The third-order valence-electron chi connectivity index (χ3n) is 3.27. The summed E-state index contributed by atoms with van der Waals surface area (Å²) in [6.07, 6.45) is 3.92. The van der Waals surface area contributed by atoms with Gasteiger partial charge in [0.2, 0.25) is 0 Å². The number of nitrogens with zero attached hydrogens (tertiary/aromatic N) is 3. The lowest BCUT2D eigenvalue weighted by molar-refractivity contribution is 0.569. The van der Waals surface area contributed by atoms with Crippen LogP contribution in [0.15, 0.2) is 29.4 Å². The zero-order valence-corrected chi connectivity index (χ0v) is 13.5. The Morgan fingerprint density at radius 1 is 1.29 bits per heavy atom. The van der Waals surface area contributed by atoms with Gasteiger partial charge in [-0.3, -0.25) is 10.1 Å². The van der Waals surface area contributed by atoms with Crippen LogP contribution in [0, 0.1) is 13.8 Å². The van der Waals surface area contributed by atoms with Crippen LogP contribution in [0.5, 0.6) is 0 Å². The topological polar surface area (TPSA) is 42.2 Å². The molecule has 2 rings (SSSR count). The fourth-order valence-electron chi connectivity index (χ4n) is 1.97. The molecule has 0 radical (unpaired) electrons. The molecule has 1 aromatic carbocycles. The molecule has 0 spiro atoms. The Hall–Kier alpha value is -1.81. The first kappa shape index (κ1) is 15.6. The number of anilines is 1. The largest absolute Gasteiger partial charge is 0.279 e. The van der Waals surface area contributed by atoms with Gasteiger partial charge in [0.25, 0.3) is 0 Å². The maximum Gasteiger partial charge on any atom is 0.136 e. The van der Waals surface area contributed by atoms with Crippen LogP contribution < -0.4 is 5.43 Å². The van der Waals surface area contributed by atoms with Gasteiger partial charge >= 0.3 is 0 Å². The highest BCUT2D eigenvalue weighted by molar-refractivity contribution is 6.32. The van der Waals surface area contributed by atoms with Gasteiger partial charge in [-0.2, -0.15) is 10.2 Å². The van der Waals surface area contributed by atoms with Crippen molar-refractivity contribution >= 4 is 23.5 Å². The minimum atomic E-state index is 0.649. The van der Waals surface area contributed by atoms with E-state index < -0.39 is 0 Å². The lowest BCUT2D eigenvalue weighted by Gasteiger charge is -2.01. The van der Waals surface area contributed by atoms with Gasteiger partial charge < -0.3 is 0 Å². The maximum absolute atomic E-state index is 6.35. The Morgan fingerprint density at radius 2 is 2.00 bits per heavy atom. The van der Waals surface area contributed by atoms with Gasteiger partial charge in [0.05, 0.1) is 23.2 Å². The van der Waals surface area contributed by atoms with E-state index in [9.17, 15) is 0 Å². The van der Waals surface area contributed by atoms with Gasteiger partial charge in [-0.15, -0.1) is 0 Å². The molecule has 0 unspecified atom stereocenters. The van der Waals surface area contributed by atoms with E-state index in [1.165, 1.54) is 5.56 Å². The van der Waals surface area contributed by atoms with Crippen molar-refractivity contribution in [2.45, 2.75) is 40.2 Å². The van der Waals surface area contributed by atoms with Crippen LogP contribution in [0.1, 0.15) is 36.6 Å². The number of aromatic nitrogens is 2. The van der Waals surface area contributed by atoms with E-state index in [2.05, 4.69) is 29.5 Å². The van der Waals surface area contributed by atoms with Crippen LogP contribution in [-0.2, 0) is 6.54 Å². The van der Waals surface area contributed by atoms with E-state index in [1.807, 2.05) is 35.9 Å². The average Bonchev–Trinajstić information content (AvgIpc) is 2.74. The second-order valence-corrected chi connectivity index (χ2v) is 5.46. The van der Waals surface area contributed by atoms with Crippen molar-refractivity contribution < 1.29 is 0 Å². The predicted octanol–water partition coefficient (Wildman–Crippen LogP) is 4.40. The molecule has 0 amide bonds. The summed E-state index contributed by atoms with van der Waals surface area (Å²) in [5, 5.41) is 9.34. The van der Waals surface area contributed by atoms with Crippen molar-refractivity contribution in [3.05, 3.63) is 46.2 Å². The van der Waals surface area contributed by atoms with E-state index in [0.29, 0.717) is 5.15 Å². The number of hydrogen-bond donors (Lipinski definition) is 1. The number of hydrazone groups is 1. The maximum atomic E-state index is 6.35. The highest BCUT2D eigenvalue weighted by Crippen LogP contribution is 2.18. The first-order valence-corrected chi connectivity index (χ1v) is 7.58. The average molecular weight is 305 g/mol. The third kappa shape index (κ3) is 4.08. The van der Waals surface area contributed by atoms with E-state index in [1.54, 1.807) is 6.21 Å². The zero-order chi connectivity index (χ0) is 15.2. The van der Waals surface area contributed by atoms with E-state index in [0.717, 1.165) is 36.3 Å². The van der Waals surface area contributed by atoms with Crippen LogP contribution in [0.4, 0.5) is 5.69 Å². The van der Waals surface area contributed by atoms with Crippen molar-refractivity contribution in [2.75, 3.05) is 5.43 Å². The lowest BCUT2D eigenvalue weighted by Crippen LogP contribution is -2.00. The SMILES string of the molecule is CCCCn1nc(C)c(/C=N\Nc2ccc(C)cc2)c1Cl. The first-order valence-electron chi connectivity index (χ1n) is 7.20. The minimum absolute atomic E-state index is 0.649. The number of benzene rings is 1. The van der Waals surface area contributed by atoms with Crippen molar-refractivity contribution in [3.63, 3.8) is 0 Å². The number of aryl methyl sites for hydroxylation is 3. The molecule has 112 valence electrons. The predicted molar refractivity (Wildman–Crippen MR) is 89.3 cm³/mol. The van der Waals surface area contributed by atoms with Crippen molar-refractivity contribution in [2.24, 2.45) is 5.10 Å². The number of unbranched alkanes of at least 4 members (excludes halogenated alkanes) is 1. The molecule has 0 aliphatic heterocycles. The molecular formula is C16H21ClN4. The molecule has 0 aliphatic carbocycles. The molecule has 1 N–H and O–H groups in total. The fraction of sp³-hybridized carbons (Fsp3) is 0.375. The molecule has 0 bridgehead atoms. The highest BCUT2D eigenvalue weighted by atomic mass is 35.5. The van der Waals surface area contributed by atoms with Crippen LogP contribution in [0.3, 0.4) is 0 Å². The highest BCUT2D eigenvalue weighted by Gasteiger charge is 2.10. The molecule has 1 heterocycles. The molecule has 5 heteroatoms. The fourth-order valence-corrected chi connectivity index (χ4v) is 2.28. The number of rotatable bonds is 6. The Bertz CT molecular complexity index is 614. The zero-order valence-electron chi connectivity index (χ0n) is 12.7. The van der Waals surface area contributed by atoms with Crippen LogP contribution >= 0.6 is 11.6 Å². The quantitative estimate of drug-likeness (QED) is 0.635. The first-order chi connectivity index (χ1) is 10.1. The summed E-state index contributed by atoms with van der Waals surface area (Å²) in [6.45, 7) is 7.00. The number of hydrogen-bond acceptors (Lipinski definition) is 3. The monoisotopic (exact) mass is 304 g/mol. The van der Waals surface area contributed by atoms with Gasteiger partial charge in [0.1, 0.15) is 5.15 Å². The van der Waals surface area contributed by atoms with E-state index in [4.69, 9.17) is 11.6 Å². The molecule has 0 saturated heterocycles. The molecular weight excluding hydrogens is 284 g/mol. The van der Waals surface area contributed by atoms with Crippen LogP contribution in [0.2, 0.25) is 5.15 Å². The summed E-state index contributed by atoms with van der Waals surface area (Å²) in [6, 6.07) is 8.06. The molecule has 0 aliphatic rings. The van der Waals surface area contributed by atoms with E-state index >= 15 is 0 Å². The van der Waals surface area contributed by atoms with Gasteiger partial charge in [-0.1, -0.05) is 42.6 Å². The van der Waals surface area contributed by atoms with Crippen LogP contribution in [-0.4, -0.2) is 16.0 Å². The van der Waals surface area contributed by atoms with Gasteiger partial charge in [-0.05, 0) is 32.4 Å². The van der Waals surface area contributed by atoms with Crippen LogP contribution in [0.25, 0.3) is 0 Å². The Kier molecular flexibility index (Phi) is 5.39. The third-order valence-corrected chi connectivity index (χ3v) is 3.67. The van der Waals surface area contributed by atoms with Gasteiger partial charge in [-0.25, -0.2) is 0 Å². The van der Waals surface area contributed by atoms with Gasteiger partial charge in [0.15, 0.2) is 0 Å². The molecule has 0 atom stereocenters. The summed E-state index contributed by atoms with van der Waals surface area (Å²) < 4.78 is 1.84. The second kappa shape index (κ2) is 7.27. The summed E-state index contributed by atoms with van der Waals surface area (Å²) in [5.41, 5.74) is 6.93. The summed E-state index contributed by atoms with van der Waals surface area (Å²) in [7, 11) is 0. The standard InChI is InChI=1S/C16H21ClN4/c1-4-5-10-21-16(17)15(13(3)20-21)11-18-19-14-8-6-12(2)7-9-14/h6-9,11,19H,4-5,10H2,1-3H3/b18-11-. The van der Waals surface area contributed by atoms with Crippen molar-refractivity contribution in [1.29, 1.82) is 0 Å². The summed E-state index contributed by atoms with van der Waals surface area (Å²) >= 11 is 6.35. The minimum Gasteiger partial charge on any atom is -0.279 e. The molecule has 0 fully saturated rings. The van der Waals surface area contributed by atoms with Gasteiger partial charge in [0, 0.05) is 6.54 Å². The molecule has 1 aromatic heterocycles. The van der Waals surface area contributed by atoms with Crippen molar-refractivity contribution in [1.82, 2.24) is 9.78 Å². The smallest absolute Gasteiger partial charge is 0.136 e. The lowest BCUT2D eigenvalue weighted by atomic mass is 10.2. The number of nitrogens with one attached hydrogen (secondary N) is 1. The van der Waals surface area contributed by atoms with Crippen molar-refractivity contribution in [3.8, 4) is 0 Å². The summed E-state index contributed by atoms with van der Waals surface area (Å²) in [5.74, 6) is 0. The second-order valence-electron chi connectivity index (χ2n) is 5.10. The Balaban J connectivity index is 2.06. The number of halogens is 1. The van der Waals surface area contributed by atoms with E-state index in [-0.39, 0.29) is 0 Å². The molecule has 2 aromatic rings. The Labute approximate surface area is 130 Å².